The zero-order chi connectivity index (χ0) is 23.0. The summed E-state index contributed by atoms with van der Waals surface area (Å²) in [6.07, 6.45) is 0.323. The largest absolute Gasteiger partial charge is 0.465 e. The smallest absolute Gasteiger partial charge is 0.412 e. The first kappa shape index (κ1) is 21.0. The van der Waals surface area contributed by atoms with Gasteiger partial charge in [-0.15, -0.1) is 0 Å². The minimum absolute atomic E-state index is 0.0787. The predicted molar refractivity (Wildman–Crippen MR) is 122 cm³/mol. The highest BCUT2D eigenvalue weighted by molar-refractivity contribution is 6.24. The van der Waals surface area contributed by atoms with Gasteiger partial charge in [0.05, 0.1) is 11.4 Å². The third-order valence-corrected chi connectivity index (χ3v) is 5.10. The SMILES string of the molecule is CC(C)(C)N(C(=O)O)c1ccnc(NC(=O)Nc2cccc3c2-c2ccccc2C3=O)c1. The van der Waals surface area contributed by atoms with Crippen molar-refractivity contribution < 1.29 is 19.5 Å². The van der Waals surface area contributed by atoms with Crippen LogP contribution in [0.25, 0.3) is 11.1 Å². The molecule has 0 bridgehead atoms. The number of fused-ring (bicyclic) bond motifs is 3. The Labute approximate surface area is 184 Å². The number of benzene rings is 2. The molecule has 0 fully saturated rings. The molecule has 4 rings (SSSR count). The molecule has 3 N–H and O–H groups in total. The van der Waals surface area contributed by atoms with Gasteiger partial charge in [-0.3, -0.25) is 15.0 Å². The quantitative estimate of drug-likeness (QED) is 0.413. The summed E-state index contributed by atoms with van der Waals surface area (Å²) in [4.78, 5) is 42.4. The van der Waals surface area contributed by atoms with E-state index in [2.05, 4.69) is 15.6 Å². The van der Waals surface area contributed by atoms with Gasteiger partial charge in [0.25, 0.3) is 0 Å². The number of carboxylic acid groups (broad SMARTS) is 1. The fourth-order valence-electron chi connectivity index (χ4n) is 3.86. The van der Waals surface area contributed by atoms with E-state index in [1.165, 1.54) is 17.2 Å². The highest BCUT2D eigenvalue weighted by Crippen LogP contribution is 2.41. The lowest BCUT2D eigenvalue weighted by Gasteiger charge is -2.33. The number of nitrogens with zero attached hydrogens (tertiary/aromatic N) is 2. The predicted octanol–water partition coefficient (Wildman–Crippen LogP) is 5.22. The molecule has 1 aromatic heterocycles. The molecule has 2 aromatic carbocycles. The summed E-state index contributed by atoms with van der Waals surface area (Å²) in [5, 5.41) is 15.0. The zero-order valence-corrected chi connectivity index (χ0v) is 17.8. The average Bonchev–Trinajstić information content (AvgIpc) is 3.00. The maximum Gasteiger partial charge on any atom is 0.412 e. The van der Waals surface area contributed by atoms with Crippen LogP contribution in [0.15, 0.2) is 60.8 Å². The topological polar surface area (TPSA) is 112 Å². The molecule has 0 atom stereocenters. The van der Waals surface area contributed by atoms with Gasteiger partial charge in [0, 0.05) is 34.5 Å². The summed E-state index contributed by atoms with van der Waals surface area (Å²) >= 11 is 0. The van der Waals surface area contributed by atoms with Crippen molar-refractivity contribution in [1.82, 2.24) is 4.98 Å². The number of hydrogen-bond acceptors (Lipinski definition) is 4. The molecule has 8 heteroatoms. The number of amides is 3. The Hall–Kier alpha value is -4.20. The summed E-state index contributed by atoms with van der Waals surface area (Å²) < 4.78 is 0. The van der Waals surface area contributed by atoms with E-state index in [0.29, 0.717) is 28.1 Å². The number of anilines is 3. The molecule has 0 saturated heterocycles. The Morgan fingerprint density at radius 3 is 2.31 bits per heavy atom. The summed E-state index contributed by atoms with van der Waals surface area (Å²) in [5.74, 6) is 0.115. The molecule has 0 radical (unpaired) electrons. The monoisotopic (exact) mass is 430 g/mol. The molecule has 0 saturated carbocycles. The third kappa shape index (κ3) is 3.78. The van der Waals surface area contributed by atoms with E-state index >= 15 is 0 Å². The maximum absolute atomic E-state index is 12.7. The first-order valence-corrected chi connectivity index (χ1v) is 10.0. The Bertz CT molecular complexity index is 1250. The average molecular weight is 430 g/mol. The molecular formula is C24H22N4O4. The van der Waals surface area contributed by atoms with Gasteiger partial charge >= 0.3 is 12.1 Å². The second-order valence-corrected chi connectivity index (χ2v) is 8.37. The molecule has 32 heavy (non-hydrogen) atoms. The molecule has 3 aromatic rings. The normalized spacial score (nSPS) is 12.0. The number of hydrogen-bond donors (Lipinski definition) is 3. The highest BCUT2D eigenvalue weighted by Gasteiger charge is 2.30. The van der Waals surface area contributed by atoms with Crippen LogP contribution in [0.4, 0.5) is 26.8 Å². The Balaban J connectivity index is 1.59. The summed E-state index contributed by atoms with van der Waals surface area (Å²) in [6, 6.07) is 14.9. The van der Waals surface area contributed by atoms with Crippen LogP contribution in [0, 0.1) is 0 Å². The molecular weight excluding hydrogens is 408 g/mol. The van der Waals surface area contributed by atoms with E-state index in [-0.39, 0.29) is 11.6 Å². The van der Waals surface area contributed by atoms with Gasteiger partial charge in [0.2, 0.25) is 0 Å². The van der Waals surface area contributed by atoms with Crippen molar-refractivity contribution in [2.45, 2.75) is 26.3 Å². The minimum Gasteiger partial charge on any atom is -0.465 e. The van der Waals surface area contributed by atoms with Crippen molar-refractivity contribution in [3.63, 3.8) is 0 Å². The van der Waals surface area contributed by atoms with Crippen LogP contribution in [-0.4, -0.2) is 33.5 Å². The van der Waals surface area contributed by atoms with Gasteiger partial charge in [-0.1, -0.05) is 36.4 Å². The number of aromatic nitrogens is 1. The molecule has 1 heterocycles. The lowest BCUT2D eigenvalue weighted by atomic mass is 10.0. The second kappa shape index (κ2) is 7.81. The molecule has 3 amide bonds. The van der Waals surface area contributed by atoms with Crippen molar-refractivity contribution >= 4 is 35.1 Å². The number of pyridine rings is 1. The summed E-state index contributed by atoms with van der Waals surface area (Å²) in [5.41, 5.74) is 2.78. The van der Waals surface area contributed by atoms with E-state index in [4.69, 9.17) is 0 Å². The lowest BCUT2D eigenvalue weighted by molar-refractivity contribution is 0.104. The molecule has 8 nitrogen and oxygen atoms in total. The number of ketones is 1. The van der Waals surface area contributed by atoms with Crippen molar-refractivity contribution in [2.75, 3.05) is 15.5 Å². The molecule has 0 spiro atoms. The molecule has 0 aliphatic heterocycles. The first-order chi connectivity index (χ1) is 15.2. The van der Waals surface area contributed by atoms with Crippen LogP contribution >= 0.6 is 0 Å². The van der Waals surface area contributed by atoms with Gasteiger partial charge in [-0.25, -0.2) is 14.6 Å². The van der Waals surface area contributed by atoms with Gasteiger partial charge in [0.1, 0.15) is 5.82 Å². The molecule has 0 unspecified atom stereocenters. The van der Waals surface area contributed by atoms with Gasteiger partial charge in [0.15, 0.2) is 5.78 Å². The lowest BCUT2D eigenvalue weighted by Crippen LogP contribution is -2.45. The van der Waals surface area contributed by atoms with E-state index in [1.54, 1.807) is 57.2 Å². The zero-order valence-electron chi connectivity index (χ0n) is 17.8. The Kier molecular flexibility index (Phi) is 5.14. The number of rotatable bonds is 3. The second-order valence-electron chi connectivity index (χ2n) is 8.37. The number of nitrogens with one attached hydrogen (secondary N) is 2. The van der Waals surface area contributed by atoms with E-state index in [1.807, 2.05) is 12.1 Å². The van der Waals surface area contributed by atoms with Crippen LogP contribution in [0.3, 0.4) is 0 Å². The fraction of sp³-hybridized carbons (Fsp3) is 0.167. The summed E-state index contributed by atoms with van der Waals surface area (Å²) in [6.45, 7) is 5.32. The fourth-order valence-corrected chi connectivity index (χ4v) is 3.86. The Morgan fingerprint density at radius 2 is 1.62 bits per heavy atom. The highest BCUT2D eigenvalue weighted by atomic mass is 16.4. The van der Waals surface area contributed by atoms with Gasteiger partial charge in [-0.2, -0.15) is 0 Å². The van der Waals surface area contributed by atoms with Crippen molar-refractivity contribution in [3.8, 4) is 11.1 Å². The van der Waals surface area contributed by atoms with Gasteiger partial charge < -0.3 is 10.4 Å². The number of carbonyl (C=O) groups excluding carboxylic acids is 2. The number of urea groups is 1. The van der Waals surface area contributed by atoms with Crippen molar-refractivity contribution in [3.05, 3.63) is 71.9 Å². The van der Waals surface area contributed by atoms with Crippen LogP contribution in [0.5, 0.6) is 0 Å². The van der Waals surface area contributed by atoms with Crippen LogP contribution in [0.2, 0.25) is 0 Å². The van der Waals surface area contributed by atoms with Gasteiger partial charge in [-0.05, 0) is 38.5 Å². The standard InChI is InChI=1S/C24H22N4O4/c1-24(2,3)28(23(31)32)14-11-12-25-19(13-14)27-22(30)26-18-10-6-9-17-20(18)15-7-4-5-8-16(15)21(17)29/h4-13H,1-3H3,(H,31,32)(H2,25,26,27,30). The molecule has 1 aliphatic carbocycles. The van der Waals surface area contributed by atoms with E-state index in [0.717, 1.165) is 5.56 Å². The maximum atomic E-state index is 12.7. The van der Waals surface area contributed by atoms with E-state index < -0.39 is 17.7 Å². The minimum atomic E-state index is -1.11. The third-order valence-electron chi connectivity index (χ3n) is 5.10. The van der Waals surface area contributed by atoms with Crippen molar-refractivity contribution in [2.24, 2.45) is 0 Å². The first-order valence-electron chi connectivity index (χ1n) is 10.0. The number of carbonyl (C=O) groups is 3. The van der Waals surface area contributed by atoms with Crippen LogP contribution < -0.4 is 15.5 Å². The summed E-state index contributed by atoms with van der Waals surface area (Å²) in [7, 11) is 0. The van der Waals surface area contributed by atoms with Crippen LogP contribution in [-0.2, 0) is 0 Å². The molecule has 1 aliphatic rings. The van der Waals surface area contributed by atoms with Crippen molar-refractivity contribution in [1.29, 1.82) is 0 Å². The van der Waals surface area contributed by atoms with Crippen LogP contribution in [0.1, 0.15) is 36.7 Å². The van der Waals surface area contributed by atoms with E-state index in [9.17, 15) is 19.5 Å². The Morgan fingerprint density at radius 1 is 0.938 bits per heavy atom. The molecule has 162 valence electrons.